The van der Waals surface area contributed by atoms with E-state index < -0.39 is 5.97 Å². The number of aromatic carboxylic acids is 1. The number of ether oxygens (including phenoxy) is 1. The lowest BCUT2D eigenvalue weighted by atomic mass is 10.1. The normalized spacial score (nSPS) is 10.1. The van der Waals surface area contributed by atoms with Gasteiger partial charge in [0.15, 0.2) is 0 Å². The number of hydrogen-bond acceptors (Lipinski definition) is 5. The van der Waals surface area contributed by atoms with E-state index in [1.165, 1.54) is 18.2 Å². The fraction of sp³-hybridized carbons (Fsp3) is 0.385. The van der Waals surface area contributed by atoms with Crippen LogP contribution in [0, 0.1) is 0 Å². The second-order valence-electron chi connectivity index (χ2n) is 4.28. The number of carboxylic acid groups (broad SMARTS) is 1. The van der Waals surface area contributed by atoms with Gasteiger partial charge in [-0.15, -0.1) is 0 Å². The third kappa shape index (κ3) is 4.43. The molecule has 4 N–H and O–H groups in total. The Morgan fingerprint density at radius 3 is 2.75 bits per heavy atom. The van der Waals surface area contributed by atoms with Crippen molar-refractivity contribution in [2.75, 3.05) is 44.5 Å². The molecule has 0 aromatic heterocycles. The molecule has 0 saturated carbocycles. The van der Waals surface area contributed by atoms with Crippen LogP contribution in [0.3, 0.4) is 0 Å². The quantitative estimate of drug-likeness (QED) is 0.486. The van der Waals surface area contributed by atoms with Crippen LogP contribution in [0.5, 0.6) is 0 Å². The highest BCUT2D eigenvalue weighted by molar-refractivity contribution is 5.91. The molecule has 1 rings (SSSR count). The highest BCUT2D eigenvalue weighted by Crippen LogP contribution is 2.23. The predicted octanol–water partition coefficient (Wildman–Crippen LogP) is 0.166. The van der Waals surface area contributed by atoms with Gasteiger partial charge in [-0.25, -0.2) is 4.79 Å². The second-order valence-corrected chi connectivity index (χ2v) is 4.28. The zero-order valence-electron chi connectivity index (χ0n) is 11.5. The first-order chi connectivity index (χ1) is 9.45. The molecule has 110 valence electrons. The summed E-state index contributed by atoms with van der Waals surface area (Å²) in [4.78, 5) is 24.2. The van der Waals surface area contributed by atoms with E-state index in [1.807, 2.05) is 0 Å². The number of hydrogen-bond donors (Lipinski definition) is 3. The Balaban J connectivity index is 2.71. The lowest BCUT2D eigenvalue weighted by molar-refractivity contribution is -0.119. The Bertz CT molecular complexity index is 491. The average Bonchev–Trinajstić information content (AvgIpc) is 2.39. The maximum absolute atomic E-state index is 11.7. The van der Waals surface area contributed by atoms with Crippen LogP contribution in [0.2, 0.25) is 0 Å². The Hall–Kier alpha value is -2.28. The fourth-order valence-electron chi connectivity index (χ4n) is 1.66. The molecular formula is C13H19N3O4. The highest BCUT2D eigenvalue weighted by atomic mass is 16.5. The first kappa shape index (κ1) is 15.8. The minimum atomic E-state index is -1.04. The zero-order chi connectivity index (χ0) is 15.1. The van der Waals surface area contributed by atoms with Gasteiger partial charge in [0.05, 0.1) is 30.1 Å². The molecule has 0 spiro atoms. The van der Waals surface area contributed by atoms with Gasteiger partial charge in [-0.1, -0.05) is 0 Å². The van der Waals surface area contributed by atoms with Crippen molar-refractivity contribution in [3.8, 4) is 0 Å². The van der Waals surface area contributed by atoms with E-state index in [-0.39, 0.29) is 18.0 Å². The SMILES string of the molecule is COCCNC(=O)CN(C)c1cc(C(=O)O)ccc1N. The monoisotopic (exact) mass is 281 g/mol. The summed E-state index contributed by atoms with van der Waals surface area (Å²) in [5, 5.41) is 11.6. The summed E-state index contributed by atoms with van der Waals surface area (Å²) in [5.41, 5.74) is 6.85. The molecule has 0 aliphatic rings. The second kappa shape index (κ2) is 7.34. The summed E-state index contributed by atoms with van der Waals surface area (Å²) in [7, 11) is 3.23. The van der Waals surface area contributed by atoms with E-state index in [9.17, 15) is 9.59 Å². The molecule has 0 heterocycles. The van der Waals surface area contributed by atoms with Gasteiger partial charge in [0.2, 0.25) is 5.91 Å². The first-order valence-corrected chi connectivity index (χ1v) is 6.05. The van der Waals surface area contributed by atoms with Crippen molar-refractivity contribution < 1.29 is 19.4 Å². The molecule has 0 fully saturated rings. The molecule has 7 heteroatoms. The number of nitrogens with one attached hydrogen (secondary N) is 1. The lowest BCUT2D eigenvalue weighted by Crippen LogP contribution is -2.37. The molecule has 0 saturated heterocycles. The molecule has 1 aromatic rings. The first-order valence-electron chi connectivity index (χ1n) is 6.05. The molecule has 20 heavy (non-hydrogen) atoms. The number of nitrogen functional groups attached to an aromatic ring is 1. The number of likely N-dealkylation sites (N-methyl/N-ethyl adjacent to an activating group) is 1. The van der Waals surface area contributed by atoms with Crippen LogP contribution in [-0.4, -0.2) is 50.8 Å². The van der Waals surface area contributed by atoms with Crippen molar-refractivity contribution in [2.45, 2.75) is 0 Å². The topological polar surface area (TPSA) is 105 Å². The van der Waals surface area contributed by atoms with Crippen molar-refractivity contribution in [2.24, 2.45) is 0 Å². The van der Waals surface area contributed by atoms with Crippen molar-refractivity contribution in [1.29, 1.82) is 0 Å². The molecular weight excluding hydrogens is 262 g/mol. The minimum Gasteiger partial charge on any atom is -0.478 e. The maximum atomic E-state index is 11.7. The largest absolute Gasteiger partial charge is 0.478 e. The summed E-state index contributed by atoms with van der Waals surface area (Å²) < 4.78 is 4.83. The molecule has 0 aliphatic carbocycles. The van der Waals surface area contributed by atoms with E-state index in [1.54, 1.807) is 19.1 Å². The predicted molar refractivity (Wildman–Crippen MR) is 76.0 cm³/mol. The standard InChI is InChI=1S/C13H19N3O4/c1-16(8-12(17)15-5-6-20-2)11-7-9(13(18)19)3-4-10(11)14/h3-4,7H,5-6,8,14H2,1-2H3,(H,15,17)(H,18,19). The molecule has 0 unspecified atom stereocenters. The summed E-state index contributed by atoms with van der Waals surface area (Å²) in [6.07, 6.45) is 0. The number of carbonyl (C=O) groups is 2. The van der Waals surface area contributed by atoms with Crippen molar-refractivity contribution in [3.05, 3.63) is 23.8 Å². The van der Waals surface area contributed by atoms with Crippen LogP contribution in [0.1, 0.15) is 10.4 Å². The molecule has 0 bridgehead atoms. The Labute approximate surface area is 117 Å². The van der Waals surface area contributed by atoms with Gasteiger partial charge >= 0.3 is 5.97 Å². The Kier molecular flexibility index (Phi) is 5.79. The van der Waals surface area contributed by atoms with Crippen LogP contribution in [-0.2, 0) is 9.53 Å². The summed E-state index contributed by atoms with van der Waals surface area (Å²) in [6, 6.07) is 4.38. The van der Waals surface area contributed by atoms with E-state index in [0.717, 1.165) is 0 Å². The number of methoxy groups -OCH3 is 1. The molecule has 1 aromatic carbocycles. The third-order valence-electron chi connectivity index (χ3n) is 2.70. The highest BCUT2D eigenvalue weighted by Gasteiger charge is 2.12. The summed E-state index contributed by atoms with van der Waals surface area (Å²) in [6.45, 7) is 0.941. The number of anilines is 2. The van der Waals surface area contributed by atoms with Gasteiger partial charge in [-0.3, -0.25) is 4.79 Å². The van der Waals surface area contributed by atoms with Gasteiger partial charge in [0.25, 0.3) is 0 Å². The number of benzene rings is 1. The minimum absolute atomic E-state index is 0.0803. The van der Waals surface area contributed by atoms with E-state index >= 15 is 0 Å². The van der Waals surface area contributed by atoms with Crippen LogP contribution < -0.4 is 16.0 Å². The van der Waals surface area contributed by atoms with Crippen LogP contribution in [0.15, 0.2) is 18.2 Å². The number of carboxylic acids is 1. The van der Waals surface area contributed by atoms with E-state index in [0.29, 0.717) is 24.5 Å². The number of rotatable bonds is 7. The number of nitrogens with zero attached hydrogens (tertiary/aromatic N) is 1. The Morgan fingerprint density at radius 2 is 2.15 bits per heavy atom. The molecule has 0 atom stereocenters. The van der Waals surface area contributed by atoms with Gasteiger partial charge in [-0.05, 0) is 18.2 Å². The smallest absolute Gasteiger partial charge is 0.335 e. The van der Waals surface area contributed by atoms with Crippen LogP contribution in [0.4, 0.5) is 11.4 Å². The molecule has 1 amide bonds. The van der Waals surface area contributed by atoms with Crippen LogP contribution >= 0.6 is 0 Å². The van der Waals surface area contributed by atoms with Crippen molar-refractivity contribution in [1.82, 2.24) is 5.32 Å². The van der Waals surface area contributed by atoms with Gasteiger partial charge < -0.3 is 25.8 Å². The summed E-state index contributed by atoms with van der Waals surface area (Å²) >= 11 is 0. The zero-order valence-corrected chi connectivity index (χ0v) is 11.5. The average molecular weight is 281 g/mol. The van der Waals surface area contributed by atoms with Gasteiger partial charge in [-0.2, -0.15) is 0 Å². The van der Waals surface area contributed by atoms with E-state index in [2.05, 4.69) is 5.32 Å². The third-order valence-corrected chi connectivity index (χ3v) is 2.70. The van der Waals surface area contributed by atoms with Gasteiger partial charge in [0.1, 0.15) is 0 Å². The maximum Gasteiger partial charge on any atom is 0.335 e. The van der Waals surface area contributed by atoms with Gasteiger partial charge in [0, 0.05) is 20.7 Å². The lowest BCUT2D eigenvalue weighted by Gasteiger charge is -2.21. The van der Waals surface area contributed by atoms with Crippen molar-refractivity contribution >= 4 is 23.3 Å². The number of carbonyl (C=O) groups excluding carboxylic acids is 1. The molecule has 0 aliphatic heterocycles. The fourth-order valence-corrected chi connectivity index (χ4v) is 1.66. The molecule has 7 nitrogen and oxygen atoms in total. The summed E-state index contributed by atoms with van der Waals surface area (Å²) in [5.74, 6) is -1.23. The van der Waals surface area contributed by atoms with Crippen LogP contribution in [0.25, 0.3) is 0 Å². The number of nitrogens with two attached hydrogens (primary N) is 1. The van der Waals surface area contributed by atoms with E-state index in [4.69, 9.17) is 15.6 Å². The Morgan fingerprint density at radius 1 is 1.45 bits per heavy atom. The molecule has 0 radical (unpaired) electrons. The van der Waals surface area contributed by atoms with Crippen molar-refractivity contribution in [3.63, 3.8) is 0 Å². The number of amides is 1.